The van der Waals surface area contributed by atoms with Gasteiger partial charge in [0.2, 0.25) is 0 Å². The number of aliphatic hydroxyl groups is 1. The zero-order valence-corrected chi connectivity index (χ0v) is 14.1. The minimum atomic E-state index is -0.559. The molecule has 1 saturated heterocycles. The Morgan fingerprint density at radius 3 is 1.84 bits per heavy atom. The first kappa shape index (κ1) is 18.0. The summed E-state index contributed by atoms with van der Waals surface area (Å²) >= 11 is 0. The monoisotopic (exact) mass is 348 g/mol. The lowest BCUT2D eigenvalue weighted by Gasteiger charge is -2.22. The molecule has 3 rings (SSSR count). The molecular formula is C20H24F2NO2+. The quantitative estimate of drug-likeness (QED) is 0.804. The van der Waals surface area contributed by atoms with Crippen LogP contribution in [0, 0.1) is 11.6 Å². The number of halogens is 2. The van der Waals surface area contributed by atoms with Crippen LogP contribution in [0.1, 0.15) is 30.1 Å². The predicted molar refractivity (Wildman–Crippen MR) is 91.4 cm³/mol. The molecular weight excluding hydrogens is 324 g/mol. The first-order valence-electron chi connectivity index (χ1n) is 8.76. The Morgan fingerprint density at radius 1 is 0.880 bits per heavy atom. The lowest BCUT2D eigenvalue weighted by atomic mass is 10.0. The molecule has 0 aliphatic carbocycles. The second-order valence-corrected chi connectivity index (χ2v) is 6.63. The van der Waals surface area contributed by atoms with Crippen molar-refractivity contribution in [3.8, 4) is 0 Å². The highest BCUT2D eigenvalue weighted by Gasteiger charge is 2.22. The van der Waals surface area contributed by atoms with E-state index < -0.39 is 12.2 Å². The largest absolute Gasteiger partial charge is 0.385 e. The van der Waals surface area contributed by atoms with Crippen LogP contribution in [0.25, 0.3) is 0 Å². The molecule has 5 heteroatoms. The van der Waals surface area contributed by atoms with Crippen LogP contribution >= 0.6 is 0 Å². The first-order chi connectivity index (χ1) is 12.1. The van der Waals surface area contributed by atoms with Gasteiger partial charge in [-0.15, -0.1) is 0 Å². The van der Waals surface area contributed by atoms with Crippen molar-refractivity contribution in [2.75, 3.05) is 26.2 Å². The third-order valence-electron chi connectivity index (χ3n) is 4.64. The summed E-state index contributed by atoms with van der Waals surface area (Å²) in [6, 6.07) is 12.1. The highest BCUT2D eigenvalue weighted by atomic mass is 19.1. The number of likely N-dealkylation sites (tertiary alicyclic amines) is 1. The van der Waals surface area contributed by atoms with E-state index in [9.17, 15) is 13.9 Å². The van der Waals surface area contributed by atoms with Crippen LogP contribution in [0.5, 0.6) is 0 Å². The second-order valence-electron chi connectivity index (χ2n) is 6.63. The van der Waals surface area contributed by atoms with Crippen LogP contribution in [0.2, 0.25) is 0 Å². The molecule has 0 spiro atoms. The van der Waals surface area contributed by atoms with Crippen LogP contribution in [0.3, 0.4) is 0 Å². The summed E-state index contributed by atoms with van der Waals surface area (Å²) in [5.41, 5.74) is 1.54. The van der Waals surface area contributed by atoms with Gasteiger partial charge in [-0.3, -0.25) is 0 Å². The van der Waals surface area contributed by atoms with Crippen LogP contribution in [-0.2, 0) is 4.74 Å². The number of aliphatic hydroxyl groups excluding tert-OH is 1. The summed E-state index contributed by atoms with van der Waals surface area (Å²) < 4.78 is 32.4. The smallest absolute Gasteiger partial charge is 0.126 e. The van der Waals surface area contributed by atoms with Crippen molar-refractivity contribution < 1.29 is 23.5 Å². The standard InChI is InChI=1S/C20H23F2NO2/c21-17-7-3-15(4-8-17)20(16-5-9-18(22)10-6-16)25-14-19(24)13-23-11-1-2-12-23/h3-10,19-20,24H,1-2,11-14H2/p+1/t19-/m0/s1. The number of hydrogen-bond donors (Lipinski definition) is 2. The normalized spacial score (nSPS) is 16.5. The average Bonchev–Trinajstić information content (AvgIpc) is 3.11. The van der Waals surface area contributed by atoms with Gasteiger partial charge in [0.05, 0.1) is 19.7 Å². The fourth-order valence-electron chi connectivity index (χ4n) is 3.34. The highest BCUT2D eigenvalue weighted by Crippen LogP contribution is 2.26. The Hall–Kier alpha value is -1.82. The van der Waals surface area contributed by atoms with E-state index in [1.807, 2.05) is 0 Å². The summed E-state index contributed by atoms with van der Waals surface area (Å²) in [4.78, 5) is 1.40. The fraction of sp³-hybridized carbons (Fsp3) is 0.400. The molecule has 0 saturated carbocycles. The maximum atomic E-state index is 13.2. The zero-order valence-electron chi connectivity index (χ0n) is 14.1. The molecule has 1 fully saturated rings. The first-order valence-corrected chi connectivity index (χ1v) is 8.76. The summed E-state index contributed by atoms with van der Waals surface area (Å²) in [6.07, 6.45) is 1.38. The van der Waals surface area contributed by atoms with E-state index >= 15 is 0 Å². The second kappa shape index (κ2) is 8.52. The van der Waals surface area contributed by atoms with E-state index in [0.717, 1.165) is 24.2 Å². The summed E-state index contributed by atoms with van der Waals surface area (Å²) in [6.45, 7) is 3.04. The van der Waals surface area contributed by atoms with Gasteiger partial charge >= 0.3 is 0 Å². The van der Waals surface area contributed by atoms with Gasteiger partial charge in [0, 0.05) is 12.8 Å². The third-order valence-corrected chi connectivity index (χ3v) is 4.64. The minimum absolute atomic E-state index is 0.183. The molecule has 25 heavy (non-hydrogen) atoms. The average molecular weight is 348 g/mol. The van der Waals surface area contributed by atoms with Gasteiger partial charge in [-0.1, -0.05) is 24.3 Å². The van der Waals surface area contributed by atoms with Gasteiger partial charge < -0.3 is 14.7 Å². The van der Waals surface area contributed by atoms with Gasteiger partial charge in [0.25, 0.3) is 0 Å². The molecule has 0 unspecified atom stereocenters. The summed E-state index contributed by atoms with van der Waals surface area (Å²) in [5.74, 6) is -0.640. The van der Waals surface area contributed by atoms with Gasteiger partial charge in [0.15, 0.2) is 0 Å². The van der Waals surface area contributed by atoms with Crippen LogP contribution < -0.4 is 4.90 Å². The molecule has 0 amide bonds. The van der Waals surface area contributed by atoms with Gasteiger partial charge in [-0.05, 0) is 35.4 Å². The SMILES string of the molecule is O[C@H](COC(c1ccc(F)cc1)c1ccc(F)cc1)C[NH+]1CCCC1. The van der Waals surface area contributed by atoms with Gasteiger partial charge in [-0.25, -0.2) is 8.78 Å². The predicted octanol–water partition coefficient (Wildman–Crippen LogP) is 2.11. The Labute approximate surface area is 146 Å². The molecule has 1 heterocycles. The molecule has 2 aromatic rings. The van der Waals surface area contributed by atoms with E-state index in [1.165, 1.54) is 42.0 Å². The highest BCUT2D eigenvalue weighted by molar-refractivity contribution is 5.30. The maximum Gasteiger partial charge on any atom is 0.126 e. The molecule has 0 aromatic heterocycles. The number of rotatable bonds is 7. The lowest BCUT2D eigenvalue weighted by molar-refractivity contribution is -0.890. The Bertz CT molecular complexity index is 609. The molecule has 1 aliphatic heterocycles. The van der Waals surface area contributed by atoms with Gasteiger partial charge in [-0.2, -0.15) is 0 Å². The topological polar surface area (TPSA) is 33.9 Å². The number of quaternary nitrogens is 1. The number of hydrogen-bond acceptors (Lipinski definition) is 2. The van der Waals surface area contributed by atoms with Crippen LogP contribution in [0.4, 0.5) is 8.78 Å². The number of ether oxygens (including phenoxy) is 1. The molecule has 1 atom stereocenters. The molecule has 134 valence electrons. The molecule has 0 radical (unpaired) electrons. The molecule has 3 nitrogen and oxygen atoms in total. The van der Waals surface area contributed by atoms with Crippen molar-refractivity contribution in [1.82, 2.24) is 0 Å². The minimum Gasteiger partial charge on any atom is -0.385 e. The van der Waals surface area contributed by atoms with E-state index in [0.29, 0.717) is 6.54 Å². The molecule has 2 aromatic carbocycles. The number of benzene rings is 2. The Morgan fingerprint density at radius 2 is 1.36 bits per heavy atom. The van der Waals surface area contributed by atoms with E-state index in [-0.39, 0.29) is 18.2 Å². The van der Waals surface area contributed by atoms with E-state index in [1.54, 1.807) is 24.3 Å². The van der Waals surface area contributed by atoms with Gasteiger partial charge in [0.1, 0.15) is 30.4 Å². The maximum absolute atomic E-state index is 13.2. The Kier molecular flexibility index (Phi) is 6.13. The van der Waals surface area contributed by atoms with Crippen molar-refractivity contribution in [3.05, 3.63) is 71.3 Å². The van der Waals surface area contributed by atoms with Crippen LogP contribution in [0.15, 0.2) is 48.5 Å². The van der Waals surface area contributed by atoms with Crippen molar-refractivity contribution in [2.45, 2.75) is 25.0 Å². The summed E-state index contributed by atoms with van der Waals surface area (Å²) in [5, 5.41) is 10.3. The Balaban J connectivity index is 1.69. The van der Waals surface area contributed by atoms with E-state index in [2.05, 4.69) is 0 Å². The molecule has 2 N–H and O–H groups in total. The van der Waals surface area contributed by atoms with E-state index in [4.69, 9.17) is 4.74 Å². The molecule has 0 bridgehead atoms. The third kappa shape index (κ3) is 5.08. The van der Waals surface area contributed by atoms with Crippen molar-refractivity contribution in [1.29, 1.82) is 0 Å². The fourth-order valence-corrected chi connectivity index (χ4v) is 3.34. The number of nitrogens with one attached hydrogen (secondary N) is 1. The van der Waals surface area contributed by atoms with Crippen molar-refractivity contribution in [2.24, 2.45) is 0 Å². The van der Waals surface area contributed by atoms with Crippen molar-refractivity contribution >= 4 is 0 Å². The zero-order chi connectivity index (χ0) is 17.6. The van der Waals surface area contributed by atoms with Crippen molar-refractivity contribution in [3.63, 3.8) is 0 Å². The summed E-state index contributed by atoms with van der Waals surface area (Å²) in [7, 11) is 0. The van der Waals surface area contributed by atoms with Crippen LogP contribution in [-0.4, -0.2) is 37.5 Å². The molecule has 1 aliphatic rings. The lowest BCUT2D eigenvalue weighted by Crippen LogP contribution is -3.11.